The van der Waals surface area contributed by atoms with Crippen molar-refractivity contribution in [2.75, 3.05) is 11.4 Å². The summed E-state index contributed by atoms with van der Waals surface area (Å²) >= 11 is 5.84. The van der Waals surface area contributed by atoms with Gasteiger partial charge in [-0.05, 0) is 37.3 Å². The van der Waals surface area contributed by atoms with Gasteiger partial charge < -0.3 is 4.90 Å². The highest BCUT2D eigenvalue weighted by Gasteiger charge is 2.36. The fourth-order valence-electron chi connectivity index (χ4n) is 3.56. The third kappa shape index (κ3) is 4.37. The van der Waals surface area contributed by atoms with E-state index in [4.69, 9.17) is 11.6 Å². The molecule has 1 amide bonds. The highest BCUT2D eigenvalue weighted by molar-refractivity contribution is 7.59. The van der Waals surface area contributed by atoms with E-state index in [1.807, 2.05) is 6.92 Å². The van der Waals surface area contributed by atoms with Gasteiger partial charge in [-0.25, -0.2) is 0 Å². The number of nitrogens with zero attached hydrogens (tertiary/aromatic N) is 4. The lowest BCUT2D eigenvalue weighted by atomic mass is 10.0. The number of pyridine rings is 1. The molecule has 0 saturated heterocycles. The predicted octanol–water partition coefficient (Wildman–Crippen LogP) is 4.71. The number of anilines is 1. The SMILES string of the molecule is C[C@H]1CN(c2ccc(C(F)(F)F)c(Cl)c2)C(=O)c2c(CC(=O)c3ccccn3)cnn21.S. The smallest absolute Gasteiger partial charge is 0.305 e. The molecule has 0 N–H and O–H groups in total. The van der Waals surface area contributed by atoms with Crippen molar-refractivity contribution in [1.82, 2.24) is 14.8 Å². The molecular formula is C21H18ClF3N4O2S. The number of halogens is 4. The molecule has 11 heteroatoms. The van der Waals surface area contributed by atoms with Gasteiger partial charge >= 0.3 is 6.18 Å². The number of amides is 1. The Morgan fingerprint density at radius 3 is 2.62 bits per heavy atom. The zero-order chi connectivity index (χ0) is 22.3. The third-order valence-corrected chi connectivity index (χ3v) is 5.37. The molecule has 2 aromatic heterocycles. The van der Waals surface area contributed by atoms with Crippen LogP contribution in [-0.4, -0.2) is 33.0 Å². The van der Waals surface area contributed by atoms with E-state index in [9.17, 15) is 22.8 Å². The van der Waals surface area contributed by atoms with Crippen LogP contribution in [0.5, 0.6) is 0 Å². The van der Waals surface area contributed by atoms with Gasteiger partial charge in [0.2, 0.25) is 0 Å². The molecule has 1 atom stereocenters. The van der Waals surface area contributed by atoms with E-state index >= 15 is 0 Å². The lowest BCUT2D eigenvalue weighted by Crippen LogP contribution is -2.43. The normalized spacial score (nSPS) is 15.8. The van der Waals surface area contributed by atoms with Crippen molar-refractivity contribution in [3.05, 3.63) is 76.3 Å². The van der Waals surface area contributed by atoms with Gasteiger partial charge in [0, 0.05) is 30.4 Å². The zero-order valence-electron chi connectivity index (χ0n) is 16.7. The maximum absolute atomic E-state index is 13.2. The molecule has 1 aromatic carbocycles. The first-order valence-electron chi connectivity index (χ1n) is 9.36. The summed E-state index contributed by atoms with van der Waals surface area (Å²) in [6.07, 6.45) is -1.70. The Morgan fingerprint density at radius 1 is 1.25 bits per heavy atom. The van der Waals surface area contributed by atoms with Crippen LogP contribution in [0.15, 0.2) is 48.8 Å². The van der Waals surface area contributed by atoms with Crippen LogP contribution in [0.4, 0.5) is 18.9 Å². The van der Waals surface area contributed by atoms with Crippen LogP contribution >= 0.6 is 25.1 Å². The van der Waals surface area contributed by atoms with Gasteiger partial charge in [-0.15, -0.1) is 0 Å². The maximum Gasteiger partial charge on any atom is 0.417 e. The number of rotatable bonds is 4. The van der Waals surface area contributed by atoms with Crippen LogP contribution in [0.25, 0.3) is 0 Å². The Kier molecular flexibility index (Phi) is 6.66. The van der Waals surface area contributed by atoms with Crippen molar-refractivity contribution in [2.45, 2.75) is 25.6 Å². The molecule has 0 bridgehead atoms. The Morgan fingerprint density at radius 2 is 2.00 bits per heavy atom. The summed E-state index contributed by atoms with van der Waals surface area (Å²) in [4.78, 5) is 31.2. The predicted molar refractivity (Wildman–Crippen MR) is 118 cm³/mol. The van der Waals surface area contributed by atoms with Crippen LogP contribution in [-0.2, 0) is 12.6 Å². The first kappa shape index (κ1) is 23.8. The molecule has 4 rings (SSSR count). The van der Waals surface area contributed by atoms with Crippen molar-refractivity contribution in [3.8, 4) is 0 Å². The molecular weight excluding hydrogens is 465 g/mol. The number of hydrogen-bond acceptors (Lipinski definition) is 4. The van der Waals surface area contributed by atoms with Gasteiger partial charge in [0.05, 0.1) is 22.8 Å². The molecule has 3 heterocycles. The average Bonchev–Trinajstić information content (AvgIpc) is 3.15. The van der Waals surface area contributed by atoms with E-state index in [1.54, 1.807) is 18.2 Å². The van der Waals surface area contributed by atoms with Crippen LogP contribution in [0.1, 0.15) is 45.1 Å². The largest absolute Gasteiger partial charge is 0.417 e. The number of alkyl halides is 3. The molecule has 0 aliphatic carbocycles. The van der Waals surface area contributed by atoms with Gasteiger partial charge in [-0.1, -0.05) is 17.7 Å². The fraction of sp³-hybridized carbons (Fsp3) is 0.238. The third-order valence-electron chi connectivity index (χ3n) is 5.05. The highest BCUT2D eigenvalue weighted by atomic mass is 35.5. The van der Waals surface area contributed by atoms with Gasteiger partial charge in [-0.2, -0.15) is 31.8 Å². The molecule has 3 aromatic rings. The van der Waals surface area contributed by atoms with Gasteiger partial charge in [0.15, 0.2) is 5.78 Å². The van der Waals surface area contributed by atoms with Crippen molar-refractivity contribution in [3.63, 3.8) is 0 Å². The monoisotopic (exact) mass is 482 g/mol. The molecule has 6 nitrogen and oxygen atoms in total. The molecule has 0 spiro atoms. The van der Waals surface area contributed by atoms with E-state index in [1.165, 1.54) is 28.0 Å². The van der Waals surface area contributed by atoms with E-state index in [0.29, 0.717) is 5.56 Å². The van der Waals surface area contributed by atoms with Crippen molar-refractivity contribution in [1.29, 1.82) is 0 Å². The van der Waals surface area contributed by atoms with Crippen LogP contribution < -0.4 is 4.90 Å². The fourth-order valence-corrected chi connectivity index (χ4v) is 3.85. The molecule has 32 heavy (non-hydrogen) atoms. The van der Waals surface area contributed by atoms with Gasteiger partial charge in [0.1, 0.15) is 11.4 Å². The Labute approximate surface area is 193 Å². The minimum atomic E-state index is -4.59. The van der Waals surface area contributed by atoms with E-state index in [-0.39, 0.29) is 55.4 Å². The first-order valence-corrected chi connectivity index (χ1v) is 9.74. The quantitative estimate of drug-likeness (QED) is 0.505. The summed E-state index contributed by atoms with van der Waals surface area (Å²) in [5, 5.41) is 3.76. The number of carbonyl (C=O) groups is 2. The van der Waals surface area contributed by atoms with E-state index in [0.717, 1.165) is 12.1 Å². The number of hydrogen-bond donors (Lipinski definition) is 0. The topological polar surface area (TPSA) is 68.1 Å². The number of ketones is 1. The second-order valence-electron chi connectivity index (χ2n) is 7.20. The molecule has 0 radical (unpaired) electrons. The summed E-state index contributed by atoms with van der Waals surface area (Å²) in [7, 11) is 0. The zero-order valence-corrected chi connectivity index (χ0v) is 18.5. The Bertz CT molecular complexity index is 1170. The summed E-state index contributed by atoms with van der Waals surface area (Å²) < 4.78 is 40.6. The van der Waals surface area contributed by atoms with Gasteiger partial charge in [0.25, 0.3) is 5.91 Å². The lowest BCUT2D eigenvalue weighted by Gasteiger charge is -2.32. The van der Waals surface area contributed by atoms with Crippen molar-refractivity contribution >= 4 is 42.5 Å². The van der Waals surface area contributed by atoms with Gasteiger partial charge in [-0.3, -0.25) is 19.3 Å². The standard InChI is InChI=1S/C21H16ClF3N4O2.H2S/c1-12-11-28(14-5-6-15(16(22)9-14)21(23,24)25)20(31)19-13(10-27-29(12)19)8-18(30)17-4-2-3-7-26-17;/h2-7,9-10,12H,8,11H2,1H3;1H2/t12-;/m0./s1. The second kappa shape index (κ2) is 8.95. The highest BCUT2D eigenvalue weighted by Crippen LogP contribution is 2.37. The molecule has 0 saturated carbocycles. The summed E-state index contributed by atoms with van der Waals surface area (Å²) in [5.74, 6) is -0.734. The number of benzene rings is 1. The molecule has 168 valence electrons. The number of fused-ring (bicyclic) bond motifs is 1. The number of Topliss-reactive ketones (excluding diaryl/α,β-unsaturated/α-hetero) is 1. The number of aromatic nitrogens is 3. The Hall–Kier alpha value is -2.85. The molecule has 0 fully saturated rings. The second-order valence-corrected chi connectivity index (χ2v) is 7.61. The van der Waals surface area contributed by atoms with Crippen molar-refractivity contribution in [2.24, 2.45) is 0 Å². The van der Waals surface area contributed by atoms with Crippen LogP contribution in [0.2, 0.25) is 5.02 Å². The average molecular weight is 483 g/mol. The Balaban J connectivity index is 0.00000289. The number of carbonyl (C=O) groups excluding carboxylic acids is 2. The molecule has 1 aliphatic rings. The van der Waals surface area contributed by atoms with Crippen LogP contribution in [0, 0.1) is 0 Å². The van der Waals surface area contributed by atoms with Crippen LogP contribution in [0.3, 0.4) is 0 Å². The lowest BCUT2D eigenvalue weighted by molar-refractivity contribution is -0.137. The maximum atomic E-state index is 13.2. The minimum absolute atomic E-state index is 0. The van der Waals surface area contributed by atoms with E-state index in [2.05, 4.69) is 10.1 Å². The summed E-state index contributed by atoms with van der Waals surface area (Å²) in [6, 6.07) is 7.90. The van der Waals surface area contributed by atoms with E-state index < -0.39 is 22.7 Å². The molecule has 0 unspecified atom stereocenters. The minimum Gasteiger partial charge on any atom is -0.305 e. The first-order chi connectivity index (χ1) is 14.7. The van der Waals surface area contributed by atoms with Crippen molar-refractivity contribution < 1.29 is 22.8 Å². The summed E-state index contributed by atoms with van der Waals surface area (Å²) in [6.45, 7) is 2.02. The molecule has 1 aliphatic heterocycles. The summed E-state index contributed by atoms with van der Waals surface area (Å²) in [5.41, 5.74) is 0.186.